The third-order valence-electron chi connectivity index (χ3n) is 7.16. The van der Waals surface area contributed by atoms with Crippen LogP contribution in [0.15, 0.2) is 61.2 Å². The third kappa shape index (κ3) is 4.99. The molecule has 2 aliphatic heterocycles. The first kappa shape index (κ1) is 23.3. The molecule has 2 fully saturated rings. The van der Waals surface area contributed by atoms with Gasteiger partial charge in [-0.1, -0.05) is 36.4 Å². The molecule has 0 saturated carbocycles. The summed E-state index contributed by atoms with van der Waals surface area (Å²) in [6.45, 7) is 4.69. The zero-order valence-electron chi connectivity index (χ0n) is 19.7. The van der Waals surface area contributed by atoms with E-state index in [0.717, 1.165) is 30.8 Å². The summed E-state index contributed by atoms with van der Waals surface area (Å²) in [6, 6.07) is 16.8. The van der Waals surface area contributed by atoms with Crippen LogP contribution in [0.1, 0.15) is 35.8 Å². The summed E-state index contributed by atoms with van der Waals surface area (Å²) in [7, 11) is 1.73. The fourth-order valence-corrected chi connectivity index (χ4v) is 6.63. The molecule has 6 nitrogen and oxygen atoms in total. The van der Waals surface area contributed by atoms with Crippen molar-refractivity contribution in [1.82, 2.24) is 20.1 Å². The van der Waals surface area contributed by atoms with E-state index in [1.165, 1.54) is 5.56 Å². The van der Waals surface area contributed by atoms with Crippen molar-refractivity contribution in [2.45, 2.75) is 48.5 Å². The number of benzene rings is 2. The lowest BCUT2D eigenvalue weighted by molar-refractivity contribution is 0.0472. The van der Waals surface area contributed by atoms with Crippen molar-refractivity contribution in [3.8, 4) is 0 Å². The number of hydrogen-bond acceptors (Lipinski definition) is 6. The highest BCUT2D eigenvalue weighted by molar-refractivity contribution is 8.00. The Labute approximate surface area is 204 Å². The van der Waals surface area contributed by atoms with Gasteiger partial charge in [-0.3, -0.25) is 0 Å². The van der Waals surface area contributed by atoms with E-state index in [9.17, 15) is 0 Å². The van der Waals surface area contributed by atoms with E-state index in [1.54, 1.807) is 25.8 Å². The van der Waals surface area contributed by atoms with Crippen molar-refractivity contribution in [1.29, 1.82) is 0 Å². The molecule has 5 rings (SSSR count). The number of nitrogens with one attached hydrogen (secondary N) is 1. The molecule has 0 spiro atoms. The van der Waals surface area contributed by atoms with Crippen molar-refractivity contribution in [3.05, 3.63) is 78.1 Å². The lowest BCUT2D eigenvalue weighted by Gasteiger charge is -2.39. The van der Waals surface area contributed by atoms with Crippen LogP contribution in [0.2, 0.25) is 0 Å². The zero-order valence-corrected chi connectivity index (χ0v) is 20.5. The molecule has 0 amide bonds. The number of anilines is 1. The standard InChI is InChI=1S/C26H32FN5OS/c1-18-25(34-26(14-28-18)19-6-4-3-5-7-19)12-20-8-9-21(13-22(20)27)31-11-10-23(24(15-31)33-2)32-16-29-30-17-32/h3-9,13,16-18,23-26,28H,10-12,14-15H2,1-2H3/t18-,23+,24-,25?,26-/m0/s1. The van der Waals surface area contributed by atoms with Gasteiger partial charge in [0.15, 0.2) is 0 Å². The van der Waals surface area contributed by atoms with Gasteiger partial charge in [-0.05, 0) is 43.0 Å². The van der Waals surface area contributed by atoms with Crippen molar-refractivity contribution in [3.63, 3.8) is 0 Å². The Balaban J connectivity index is 1.26. The maximum Gasteiger partial charge on any atom is 0.128 e. The molecule has 1 N–H and O–H groups in total. The molecular formula is C26H32FN5OS. The maximum absolute atomic E-state index is 15.3. The largest absolute Gasteiger partial charge is 0.377 e. The molecule has 1 unspecified atom stereocenters. The topological polar surface area (TPSA) is 55.2 Å². The lowest BCUT2D eigenvalue weighted by atomic mass is 9.99. The SMILES string of the molecule is CO[C@H]1CN(c2ccc(CC3S[C@H](c4ccccc4)CN[C@H]3C)c(F)c2)CC[C@H]1n1cnnc1. The molecule has 2 aliphatic rings. The molecule has 1 aromatic heterocycles. The van der Waals surface area contributed by atoms with Crippen molar-refractivity contribution >= 4 is 17.4 Å². The number of ether oxygens (including phenoxy) is 1. The van der Waals surface area contributed by atoms with Gasteiger partial charge < -0.3 is 19.5 Å². The molecule has 3 aromatic rings. The number of hydrogen-bond donors (Lipinski definition) is 1. The van der Waals surface area contributed by atoms with E-state index in [-0.39, 0.29) is 18.0 Å². The Morgan fingerprint density at radius 1 is 1.15 bits per heavy atom. The molecule has 8 heteroatoms. The van der Waals surface area contributed by atoms with Crippen LogP contribution in [-0.2, 0) is 11.2 Å². The second kappa shape index (κ2) is 10.5. The second-order valence-electron chi connectivity index (χ2n) is 9.24. The monoisotopic (exact) mass is 481 g/mol. The van der Waals surface area contributed by atoms with Crippen LogP contribution in [-0.4, -0.2) is 58.9 Å². The summed E-state index contributed by atoms with van der Waals surface area (Å²) in [4.78, 5) is 2.22. The zero-order chi connectivity index (χ0) is 23.5. The van der Waals surface area contributed by atoms with Gasteiger partial charge >= 0.3 is 0 Å². The summed E-state index contributed by atoms with van der Waals surface area (Å²) in [6.07, 6.45) is 5.07. The molecule has 180 valence electrons. The molecular weight excluding hydrogens is 449 g/mol. The van der Waals surface area contributed by atoms with Gasteiger partial charge in [0.2, 0.25) is 0 Å². The van der Waals surface area contributed by atoms with E-state index >= 15 is 4.39 Å². The van der Waals surface area contributed by atoms with Gasteiger partial charge in [0.1, 0.15) is 18.5 Å². The molecule has 0 aliphatic carbocycles. The van der Waals surface area contributed by atoms with Crippen LogP contribution in [0.4, 0.5) is 10.1 Å². The smallest absolute Gasteiger partial charge is 0.128 e. The summed E-state index contributed by atoms with van der Waals surface area (Å²) < 4.78 is 23.1. The number of nitrogens with zero attached hydrogens (tertiary/aromatic N) is 4. The van der Waals surface area contributed by atoms with Gasteiger partial charge in [0.05, 0.1) is 12.1 Å². The highest BCUT2D eigenvalue weighted by Crippen LogP contribution is 2.38. The number of thioether (sulfide) groups is 1. The molecule has 5 atom stereocenters. The summed E-state index contributed by atoms with van der Waals surface area (Å²) in [5.41, 5.74) is 3.02. The minimum Gasteiger partial charge on any atom is -0.377 e. The maximum atomic E-state index is 15.3. The number of rotatable bonds is 6. The Kier molecular flexibility index (Phi) is 7.18. The van der Waals surface area contributed by atoms with E-state index in [1.807, 2.05) is 28.5 Å². The molecule has 34 heavy (non-hydrogen) atoms. The summed E-state index contributed by atoms with van der Waals surface area (Å²) in [5.74, 6) is -0.123. The highest BCUT2D eigenvalue weighted by Gasteiger charge is 2.32. The van der Waals surface area contributed by atoms with Crippen LogP contribution in [0.25, 0.3) is 0 Å². The third-order valence-corrected chi connectivity index (χ3v) is 8.85. The quantitative estimate of drug-likeness (QED) is 0.568. The van der Waals surface area contributed by atoms with Crippen LogP contribution in [0.5, 0.6) is 0 Å². The molecule has 0 bridgehead atoms. The van der Waals surface area contributed by atoms with Crippen LogP contribution >= 0.6 is 11.8 Å². The summed E-state index contributed by atoms with van der Waals surface area (Å²) >= 11 is 1.96. The van der Waals surface area contributed by atoms with Crippen molar-refractivity contribution in [2.75, 3.05) is 31.6 Å². The molecule has 3 heterocycles. The minimum atomic E-state index is -0.123. The number of aromatic nitrogens is 3. The fourth-order valence-electron chi connectivity index (χ4n) is 5.10. The minimum absolute atomic E-state index is 0.00651. The van der Waals surface area contributed by atoms with E-state index in [0.29, 0.717) is 29.5 Å². The van der Waals surface area contributed by atoms with E-state index < -0.39 is 0 Å². The summed E-state index contributed by atoms with van der Waals surface area (Å²) in [5, 5.41) is 12.2. The highest BCUT2D eigenvalue weighted by atomic mass is 32.2. The van der Waals surface area contributed by atoms with E-state index in [4.69, 9.17) is 4.74 Å². The first-order valence-electron chi connectivity index (χ1n) is 12.0. The van der Waals surface area contributed by atoms with Crippen molar-refractivity contribution < 1.29 is 9.13 Å². The first-order valence-corrected chi connectivity index (χ1v) is 12.9. The second-order valence-corrected chi connectivity index (χ2v) is 10.7. The predicted octanol–water partition coefficient (Wildman–Crippen LogP) is 4.26. The fraction of sp³-hybridized carbons (Fsp3) is 0.462. The number of methoxy groups -OCH3 is 1. The normalized spacial score (nSPS) is 27.6. The van der Waals surface area contributed by atoms with Crippen LogP contribution < -0.4 is 10.2 Å². The Morgan fingerprint density at radius 3 is 2.68 bits per heavy atom. The predicted molar refractivity (Wildman–Crippen MR) is 135 cm³/mol. The number of piperidine rings is 1. The molecule has 0 radical (unpaired) electrons. The van der Waals surface area contributed by atoms with Gasteiger partial charge in [-0.15, -0.1) is 22.0 Å². The van der Waals surface area contributed by atoms with Crippen LogP contribution in [0.3, 0.4) is 0 Å². The molecule has 2 aromatic carbocycles. The Hall–Kier alpha value is -2.42. The number of halogens is 1. The van der Waals surface area contributed by atoms with Gasteiger partial charge in [0.25, 0.3) is 0 Å². The average Bonchev–Trinajstić information content (AvgIpc) is 3.41. The van der Waals surface area contributed by atoms with Gasteiger partial charge in [0, 0.05) is 49.0 Å². The van der Waals surface area contributed by atoms with Gasteiger partial charge in [-0.2, -0.15) is 0 Å². The van der Waals surface area contributed by atoms with Gasteiger partial charge in [-0.25, -0.2) is 4.39 Å². The molecule has 2 saturated heterocycles. The Bertz CT molecular complexity index is 1070. The van der Waals surface area contributed by atoms with Crippen LogP contribution in [0, 0.1) is 5.82 Å². The van der Waals surface area contributed by atoms with Crippen molar-refractivity contribution in [2.24, 2.45) is 0 Å². The Morgan fingerprint density at radius 2 is 1.94 bits per heavy atom. The van der Waals surface area contributed by atoms with E-state index in [2.05, 4.69) is 57.7 Å². The first-order chi connectivity index (χ1) is 16.6. The lowest BCUT2D eigenvalue weighted by Crippen LogP contribution is -2.45. The average molecular weight is 482 g/mol.